The number of aromatic nitrogens is 2. The first kappa shape index (κ1) is 28.4. The molecule has 0 aliphatic rings. The van der Waals surface area contributed by atoms with E-state index in [-0.39, 0.29) is 0 Å². The summed E-state index contributed by atoms with van der Waals surface area (Å²) in [7, 11) is 0. The fourth-order valence-electron chi connectivity index (χ4n) is 8.17. The van der Waals surface area contributed by atoms with Crippen LogP contribution in [0.25, 0.3) is 97.4 Å². The first-order valence-corrected chi connectivity index (χ1v) is 18.2. The van der Waals surface area contributed by atoms with Gasteiger partial charge in [-0.3, -0.25) is 0 Å². The number of hydrogen-bond donors (Lipinski definition) is 0. The van der Waals surface area contributed by atoms with Gasteiger partial charge in [-0.2, -0.15) is 0 Å². The molecule has 3 heteroatoms. The van der Waals surface area contributed by atoms with Crippen LogP contribution >= 0.6 is 11.3 Å². The minimum absolute atomic E-state index is 1.17. The van der Waals surface area contributed by atoms with Crippen molar-refractivity contribution in [1.29, 1.82) is 0 Å². The topological polar surface area (TPSA) is 9.86 Å². The van der Waals surface area contributed by atoms with Crippen molar-refractivity contribution in [2.45, 2.75) is 0 Å². The molecule has 0 bridgehead atoms. The Morgan fingerprint density at radius 3 is 1.47 bits per heavy atom. The average molecular weight is 667 g/mol. The Morgan fingerprint density at radius 2 is 0.784 bits per heavy atom. The molecule has 0 radical (unpaired) electrons. The van der Waals surface area contributed by atoms with Crippen molar-refractivity contribution in [3.8, 4) is 33.6 Å². The van der Waals surface area contributed by atoms with Crippen LogP contribution in [0.4, 0.5) is 0 Å². The molecule has 3 heterocycles. The molecule has 0 amide bonds. The molecule has 0 fully saturated rings. The van der Waals surface area contributed by atoms with Crippen LogP contribution in [-0.2, 0) is 0 Å². The maximum atomic E-state index is 2.43. The van der Waals surface area contributed by atoms with Gasteiger partial charge in [0.1, 0.15) is 0 Å². The lowest BCUT2D eigenvalue weighted by atomic mass is 10.0. The van der Waals surface area contributed by atoms with Gasteiger partial charge < -0.3 is 9.13 Å². The van der Waals surface area contributed by atoms with Crippen molar-refractivity contribution in [3.63, 3.8) is 0 Å². The quantitative estimate of drug-likeness (QED) is 0.177. The molecule has 0 unspecified atom stereocenters. The van der Waals surface area contributed by atoms with Crippen molar-refractivity contribution in [2.24, 2.45) is 0 Å². The summed E-state index contributed by atoms with van der Waals surface area (Å²) < 4.78 is 7.48. The van der Waals surface area contributed by atoms with E-state index in [0.29, 0.717) is 0 Å². The standard InChI is InChI=1S/C48H30N2S/c1-2-11-31(12-3-1)32-13-10-14-35(27-32)49-43-18-7-4-15-37(43)41-28-33(21-25-45(41)49)34-22-26-46-42(29-34)38-16-5-8-19-44(38)50(46)36-23-24-40-39-17-6-9-20-47(39)51-48(40)30-36/h1-30H. The Bertz CT molecular complexity index is 3140. The van der Waals surface area contributed by atoms with E-state index in [0.717, 1.165) is 0 Å². The highest BCUT2D eigenvalue weighted by Gasteiger charge is 2.17. The largest absolute Gasteiger partial charge is 0.309 e. The van der Waals surface area contributed by atoms with Gasteiger partial charge in [-0.15, -0.1) is 11.3 Å². The van der Waals surface area contributed by atoms with Crippen LogP contribution in [0.15, 0.2) is 182 Å². The first-order valence-electron chi connectivity index (χ1n) is 17.4. The molecular formula is C48H30N2S. The smallest absolute Gasteiger partial charge is 0.0541 e. The molecule has 8 aromatic carbocycles. The highest BCUT2D eigenvalue weighted by molar-refractivity contribution is 7.25. The van der Waals surface area contributed by atoms with Gasteiger partial charge in [-0.1, -0.05) is 115 Å². The minimum Gasteiger partial charge on any atom is -0.309 e. The lowest BCUT2D eigenvalue weighted by Gasteiger charge is -2.11. The SMILES string of the molecule is c1ccc(-c2cccc(-n3c4ccccc4c4cc(-c5ccc6c(c5)c5ccccc5n6-c5ccc6c(c5)sc5ccccc56)ccc43)c2)cc1. The number of benzene rings is 8. The minimum atomic E-state index is 1.17. The number of fused-ring (bicyclic) bond motifs is 9. The van der Waals surface area contributed by atoms with E-state index in [1.807, 2.05) is 11.3 Å². The number of para-hydroxylation sites is 2. The van der Waals surface area contributed by atoms with Crippen molar-refractivity contribution in [3.05, 3.63) is 182 Å². The summed E-state index contributed by atoms with van der Waals surface area (Å²) in [5.41, 5.74) is 12.1. The van der Waals surface area contributed by atoms with Crippen molar-refractivity contribution >= 4 is 75.1 Å². The zero-order chi connectivity index (χ0) is 33.5. The summed E-state index contributed by atoms with van der Waals surface area (Å²) in [5, 5.41) is 7.70. The van der Waals surface area contributed by atoms with Crippen LogP contribution < -0.4 is 0 Å². The van der Waals surface area contributed by atoms with Crippen molar-refractivity contribution in [1.82, 2.24) is 9.13 Å². The van der Waals surface area contributed by atoms with Gasteiger partial charge >= 0.3 is 0 Å². The van der Waals surface area contributed by atoms with Gasteiger partial charge in [-0.25, -0.2) is 0 Å². The zero-order valence-corrected chi connectivity index (χ0v) is 28.4. The van der Waals surface area contributed by atoms with Crippen LogP contribution in [-0.4, -0.2) is 9.13 Å². The lowest BCUT2D eigenvalue weighted by Crippen LogP contribution is -1.94. The molecule has 0 spiro atoms. The fourth-order valence-corrected chi connectivity index (χ4v) is 9.31. The third-order valence-electron chi connectivity index (χ3n) is 10.5. The Kier molecular flexibility index (Phi) is 6.16. The molecule has 0 aliphatic carbocycles. The zero-order valence-electron chi connectivity index (χ0n) is 27.6. The highest BCUT2D eigenvalue weighted by Crippen LogP contribution is 2.40. The molecule has 0 saturated carbocycles. The first-order chi connectivity index (χ1) is 25.3. The van der Waals surface area contributed by atoms with Gasteiger partial charge in [0, 0.05) is 53.1 Å². The summed E-state index contributed by atoms with van der Waals surface area (Å²) in [6, 6.07) is 66.7. The number of hydrogen-bond acceptors (Lipinski definition) is 1. The molecule has 11 aromatic rings. The summed E-state index contributed by atoms with van der Waals surface area (Å²) in [6.07, 6.45) is 0. The van der Waals surface area contributed by atoms with E-state index in [1.54, 1.807) is 0 Å². The monoisotopic (exact) mass is 666 g/mol. The predicted molar refractivity (Wildman–Crippen MR) is 219 cm³/mol. The highest BCUT2D eigenvalue weighted by atomic mass is 32.1. The second-order valence-corrected chi connectivity index (χ2v) is 14.4. The Hall–Kier alpha value is -6.42. The summed E-state index contributed by atoms with van der Waals surface area (Å²) >= 11 is 1.87. The van der Waals surface area contributed by atoms with Crippen LogP contribution in [0.5, 0.6) is 0 Å². The average Bonchev–Trinajstić information content (AvgIpc) is 3.85. The van der Waals surface area contributed by atoms with E-state index in [4.69, 9.17) is 0 Å². The molecule has 11 rings (SSSR count). The predicted octanol–water partition coefficient (Wildman–Crippen LogP) is 13.6. The van der Waals surface area contributed by atoms with E-state index in [2.05, 4.69) is 191 Å². The van der Waals surface area contributed by atoms with E-state index >= 15 is 0 Å². The van der Waals surface area contributed by atoms with Gasteiger partial charge in [0.25, 0.3) is 0 Å². The molecule has 2 nitrogen and oxygen atoms in total. The lowest BCUT2D eigenvalue weighted by molar-refractivity contribution is 1.18. The summed E-state index contributed by atoms with van der Waals surface area (Å²) in [5.74, 6) is 0. The van der Waals surface area contributed by atoms with Crippen LogP contribution in [0.3, 0.4) is 0 Å². The third-order valence-corrected chi connectivity index (χ3v) is 11.6. The van der Waals surface area contributed by atoms with Gasteiger partial charge in [0.2, 0.25) is 0 Å². The maximum absolute atomic E-state index is 2.43. The Morgan fingerprint density at radius 1 is 0.275 bits per heavy atom. The normalized spacial score (nSPS) is 11.9. The maximum Gasteiger partial charge on any atom is 0.0541 e. The summed E-state index contributed by atoms with van der Waals surface area (Å²) in [6.45, 7) is 0. The third kappa shape index (κ3) is 4.35. The molecule has 238 valence electrons. The molecule has 3 aromatic heterocycles. The summed E-state index contributed by atoms with van der Waals surface area (Å²) in [4.78, 5) is 0. The van der Waals surface area contributed by atoms with Crippen molar-refractivity contribution < 1.29 is 0 Å². The number of thiophene rings is 1. The second kappa shape index (κ2) is 11.0. The van der Waals surface area contributed by atoms with Crippen molar-refractivity contribution in [2.75, 3.05) is 0 Å². The van der Waals surface area contributed by atoms with E-state index < -0.39 is 0 Å². The Labute approximate surface area is 298 Å². The number of nitrogens with zero attached hydrogens (tertiary/aromatic N) is 2. The second-order valence-electron chi connectivity index (χ2n) is 13.4. The van der Waals surface area contributed by atoms with Gasteiger partial charge in [0.15, 0.2) is 0 Å². The fraction of sp³-hybridized carbons (Fsp3) is 0. The molecule has 51 heavy (non-hydrogen) atoms. The van der Waals surface area contributed by atoms with Crippen LogP contribution in [0, 0.1) is 0 Å². The van der Waals surface area contributed by atoms with Crippen LogP contribution in [0.2, 0.25) is 0 Å². The molecule has 0 N–H and O–H groups in total. The van der Waals surface area contributed by atoms with E-state index in [1.165, 1.54) is 97.4 Å². The van der Waals surface area contributed by atoms with Crippen LogP contribution in [0.1, 0.15) is 0 Å². The van der Waals surface area contributed by atoms with E-state index in [9.17, 15) is 0 Å². The molecule has 0 aliphatic heterocycles. The molecule has 0 atom stereocenters. The Balaban J connectivity index is 1.07. The molecule has 0 saturated heterocycles. The number of rotatable bonds is 4. The molecular weight excluding hydrogens is 637 g/mol. The van der Waals surface area contributed by atoms with Gasteiger partial charge in [-0.05, 0) is 89.0 Å². The van der Waals surface area contributed by atoms with Gasteiger partial charge in [0.05, 0.1) is 22.1 Å².